The Hall–Kier alpha value is -1.83. The van der Waals surface area contributed by atoms with Gasteiger partial charge in [0, 0.05) is 51.2 Å². The first-order valence-corrected chi connectivity index (χ1v) is 10.8. The highest BCUT2D eigenvalue weighted by molar-refractivity contribution is 6.31. The number of aliphatic imine (C=N–C) groups is 1. The Bertz CT molecular complexity index is 708. The van der Waals surface area contributed by atoms with E-state index in [4.69, 9.17) is 22.1 Å². The molecule has 2 unspecified atom stereocenters. The van der Waals surface area contributed by atoms with Gasteiger partial charge in [0.2, 0.25) is 5.91 Å². The van der Waals surface area contributed by atoms with Gasteiger partial charge in [0.15, 0.2) is 5.96 Å². The van der Waals surface area contributed by atoms with Crippen molar-refractivity contribution < 1.29 is 9.53 Å². The van der Waals surface area contributed by atoms with Crippen LogP contribution in [0.25, 0.3) is 0 Å². The van der Waals surface area contributed by atoms with Gasteiger partial charge in [-0.2, -0.15) is 0 Å². The highest BCUT2D eigenvalue weighted by atomic mass is 35.5. The molecule has 3 rings (SSSR count). The number of benzene rings is 1. The summed E-state index contributed by atoms with van der Waals surface area (Å²) >= 11 is 6.53. The molecule has 1 amide bonds. The molecule has 2 heterocycles. The van der Waals surface area contributed by atoms with E-state index in [-0.39, 0.29) is 11.9 Å². The van der Waals surface area contributed by atoms with E-state index in [0.717, 1.165) is 68.8 Å². The molecule has 2 aliphatic heterocycles. The number of ether oxygens (including phenoxy) is 1. The summed E-state index contributed by atoms with van der Waals surface area (Å²) in [4.78, 5) is 20.5. The number of hydrogen-bond donors (Lipinski definition) is 2. The van der Waals surface area contributed by atoms with Crippen molar-refractivity contribution >= 4 is 23.5 Å². The van der Waals surface area contributed by atoms with Gasteiger partial charge in [-0.3, -0.25) is 14.7 Å². The molecule has 0 aliphatic carbocycles. The SMILES string of the molecule is CN=C(NCC(c1ccccc1Cl)N1CCOCC1)N1CCCC(CC(N)=O)C1. The average molecular weight is 422 g/mol. The predicted octanol–water partition coefficient (Wildman–Crippen LogP) is 1.88. The van der Waals surface area contributed by atoms with Gasteiger partial charge < -0.3 is 20.7 Å². The number of nitrogens with zero attached hydrogens (tertiary/aromatic N) is 3. The third kappa shape index (κ3) is 6.07. The molecule has 0 bridgehead atoms. The number of nitrogens with two attached hydrogens (primary N) is 1. The van der Waals surface area contributed by atoms with E-state index in [1.165, 1.54) is 0 Å². The van der Waals surface area contributed by atoms with Crippen molar-refractivity contribution in [2.75, 3.05) is 53.0 Å². The van der Waals surface area contributed by atoms with Crippen molar-refractivity contribution in [2.45, 2.75) is 25.3 Å². The van der Waals surface area contributed by atoms with E-state index in [0.29, 0.717) is 18.9 Å². The Labute approximate surface area is 178 Å². The lowest BCUT2D eigenvalue weighted by atomic mass is 9.95. The lowest BCUT2D eigenvalue weighted by Gasteiger charge is -2.38. The van der Waals surface area contributed by atoms with E-state index < -0.39 is 0 Å². The molecule has 3 N–H and O–H groups in total. The van der Waals surface area contributed by atoms with Crippen LogP contribution in [0.2, 0.25) is 5.02 Å². The van der Waals surface area contributed by atoms with Crippen molar-refractivity contribution in [2.24, 2.45) is 16.6 Å². The van der Waals surface area contributed by atoms with Gasteiger partial charge in [-0.05, 0) is 30.4 Å². The summed E-state index contributed by atoms with van der Waals surface area (Å²) < 4.78 is 5.54. The number of halogens is 1. The standard InChI is InChI=1S/C21H32ClN5O2/c1-24-21(27-8-4-5-16(15-27)13-20(23)28)25-14-19(26-9-11-29-12-10-26)17-6-2-3-7-18(17)22/h2-3,6-7,16,19H,4-5,8-15H2,1H3,(H2,23,28)(H,24,25). The Kier molecular flexibility index (Phi) is 8.15. The number of carbonyl (C=O) groups excluding carboxylic acids is 1. The molecule has 2 aliphatic rings. The molecular formula is C21H32ClN5O2. The van der Waals surface area contributed by atoms with Crippen LogP contribution in [0.5, 0.6) is 0 Å². The van der Waals surface area contributed by atoms with Crippen molar-refractivity contribution in [3.05, 3.63) is 34.9 Å². The monoisotopic (exact) mass is 421 g/mol. The van der Waals surface area contributed by atoms with E-state index in [2.05, 4.69) is 26.2 Å². The minimum atomic E-state index is -0.231. The number of likely N-dealkylation sites (tertiary alicyclic amines) is 1. The molecule has 2 fully saturated rings. The smallest absolute Gasteiger partial charge is 0.217 e. The van der Waals surface area contributed by atoms with Crippen molar-refractivity contribution in [3.63, 3.8) is 0 Å². The second kappa shape index (κ2) is 10.8. The summed E-state index contributed by atoms with van der Waals surface area (Å²) in [6.07, 6.45) is 2.51. The number of guanidine groups is 1. The number of piperidine rings is 1. The van der Waals surface area contributed by atoms with Gasteiger partial charge in [-0.15, -0.1) is 0 Å². The molecule has 0 aromatic heterocycles. The number of rotatable bonds is 6. The number of hydrogen-bond acceptors (Lipinski definition) is 4. The van der Waals surface area contributed by atoms with Crippen LogP contribution >= 0.6 is 11.6 Å². The summed E-state index contributed by atoms with van der Waals surface area (Å²) in [5.74, 6) is 0.925. The molecular weight excluding hydrogens is 390 g/mol. The molecule has 29 heavy (non-hydrogen) atoms. The zero-order chi connectivity index (χ0) is 20.6. The van der Waals surface area contributed by atoms with Crippen LogP contribution in [0.3, 0.4) is 0 Å². The Balaban J connectivity index is 1.68. The quantitative estimate of drug-likeness (QED) is 0.541. The number of primary amides is 1. The van der Waals surface area contributed by atoms with Crippen molar-refractivity contribution in [3.8, 4) is 0 Å². The zero-order valence-electron chi connectivity index (χ0n) is 17.1. The van der Waals surface area contributed by atoms with Crippen LogP contribution in [0.4, 0.5) is 0 Å². The summed E-state index contributed by atoms with van der Waals surface area (Å²) in [5.41, 5.74) is 6.52. The van der Waals surface area contributed by atoms with Crippen molar-refractivity contribution in [1.82, 2.24) is 15.1 Å². The maximum absolute atomic E-state index is 11.3. The van der Waals surface area contributed by atoms with Crippen molar-refractivity contribution in [1.29, 1.82) is 0 Å². The molecule has 160 valence electrons. The molecule has 0 radical (unpaired) electrons. The maximum Gasteiger partial charge on any atom is 0.217 e. The second-order valence-corrected chi connectivity index (χ2v) is 8.15. The average Bonchev–Trinajstić information content (AvgIpc) is 2.72. The minimum Gasteiger partial charge on any atom is -0.379 e. The fourth-order valence-corrected chi connectivity index (χ4v) is 4.56. The topological polar surface area (TPSA) is 83.2 Å². The molecule has 1 aromatic carbocycles. The fourth-order valence-electron chi connectivity index (χ4n) is 4.30. The summed E-state index contributed by atoms with van der Waals surface area (Å²) in [6.45, 7) is 5.65. The first-order chi connectivity index (χ1) is 14.1. The van der Waals surface area contributed by atoms with Crippen LogP contribution in [0, 0.1) is 5.92 Å². The summed E-state index contributed by atoms with van der Waals surface area (Å²) in [6, 6.07) is 8.16. The van der Waals surface area contributed by atoms with Gasteiger partial charge in [0.25, 0.3) is 0 Å². The number of nitrogens with one attached hydrogen (secondary N) is 1. The third-order valence-electron chi connectivity index (χ3n) is 5.72. The van der Waals surface area contributed by atoms with E-state index in [1.54, 1.807) is 7.05 Å². The molecule has 2 atom stereocenters. The lowest BCUT2D eigenvalue weighted by Crippen LogP contribution is -2.50. The fraction of sp³-hybridized carbons (Fsp3) is 0.619. The maximum atomic E-state index is 11.3. The molecule has 1 aromatic rings. The van der Waals surface area contributed by atoms with Gasteiger partial charge in [-0.1, -0.05) is 29.8 Å². The third-order valence-corrected chi connectivity index (χ3v) is 6.07. The van der Waals surface area contributed by atoms with Gasteiger partial charge >= 0.3 is 0 Å². The van der Waals surface area contributed by atoms with E-state index in [9.17, 15) is 4.79 Å². The highest BCUT2D eigenvalue weighted by Crippen LogP contribution is 2.28. The van der Waals surface area contributed by atoms with Gasteiger partial charge in [0.1, 0.15) is 0 Å². The van der Waals surface area contributed by atoms with E-state index in [1.807, 2.05) is 18.2 Å². The zero-order valence-corrected chi connectivity index (χ0v) is 17.9. The first kappa shape index (κ1) is 21.9. The van der Waals surface area contributed by atoms with E-state index >= 15 is 0 Å². The van der Waals surface area contributed by atoms with Gasteiger partial charge in [-0.25, -0.2) is 0 Å². The summed E-state index contributed by atoms with van der Waals surface area (Å²) in [7, 11) is 1.80. The molecule has 7 nitrogen and oxygen atoms in total. The molecule has 0 saturated carbocycles. The van der Waals surface area contributed by atoms with Crippen LogP contribution in [-0.2, 0) is 9.53 Å². The first-order valence-electron chi connectivity index (χ1n) is 10.4. The lowest BCUT2D eigenvalue weighted by molar-refractivity contribution is -0.119. The number of morpholine rings is 1. The molecule has 8 heteroatoms. The summed E-state index contributed by atoms with van der Waals surface area (Å²) in [5, 5.41) is 4.33. The molecule has 0 spiro atoms. The van der Waals surface area contributed by atoms with Crippen LogP contribution in [-0.4, -0.2) is 74.7 Å². The van der Waals surface area contributed by atoms with Crippen LogP contribution in [0.1, 0.15) is 30.9 Å². The predicted molar refractivity (Wildman–Crippen MR) is 116 cm³/mol. The Morgan fingerprint density at radius 3 is 2.79 bits per heavy atom. The highest BCUT2D eigenvalue weighted by Gasteiger charge is 2.27. The molecule has 2 saturated heterocycles. The second-order valence-electron chi connectivity index (χ2n) is 7.74. The van der Waals surface area contributed by atoms with Crippen LogP contribution in [0.15, 0.2) is 29.3 Å². The van der Waals surface area contributed by atoms with Crippen LogP contribution < -0.4 is 11.1 Å². The Morgan fingerprint density at radius 1 is 1.34 bits per heavy atom. The van der Waals surface area contributed by atoms with Gasteiger partial charge in [0.05, 0.1) is 19.3 Å². The number of amides is 1. The number of carbonyl (C=O) groups is 1. The normalized spacial score (nSPS) is 22.3. The minimum absolute atomic E-state index is 0.135. The Morgan fingerprint density at radius 2 is 2.10 bits per heavy atom. The largest absolute Gasteiger partial charge is 0.379 e.